The minimum atomic E-state index is -2.84. The number of halogens is 2. The molecule has 3 nitrogen and oxygen atoms in total. The lowest BCUT2D eigenvalue weighted by molar-refractivity contribution is -0.113. The highest BCUT2D eigenvalue weighted by Gasteiger charge is 2.02. The highest BCUT2D eigenvalue weighted by molar-refractivity contribution is 5.90. The van der Waals surface area contributed by atoms with E-state index in [2.05, 4.69) is 4.74 Å². The van der Waals surface area contributed by atoms with Crippen LogP contribution < -0.4 is 10.5 Å². The Morgan fingerprint density at radius 2 is 1.93 bits per heavy atom. The van der Waals surface area contributed by atoms with Gasteiger partial charge in [-0.3, -0.25) is 4.79 Å². The fourth-order valence-corrected chi connectivity index (χ4v) is 0.939. The Bertz CT molecular complexity index is 360. The van der Waals surface area contributed by atoms with Gasteiger partial charge in [0.1, 0.15) is 5.75 Å². The molecule has 0 aliphatic rings. The summed E-state index contributed by atoms with van der Waals surface area (Å²) in [5.74, 6) is -0.496. The Morgan fingerprint density at radius 1 is 1.33 bits per heavy atom. The fourth-order valence-electron chi connectivity index (χ4n) is 0.939. The van der Waals surface area contributed by atoms with Gasteiger partial charge in [-0.1, -0.05) is 12.1 Å². The van der Waals surface area contributed by atoms with E-state index < -0.39 is 12.5 Å². The van der Waals surface area contributed by atoms with Gasteiger partial charge in [0.25, 0.3) is 0 Å². The van der Waals surface area contributed by atoms with Gasteiger partial charge in [-0.15, -0.1) is 0 Å². The van der Waals surface area contributed by atoms with Gasteiger partial charge in [-0.05, 0) is 23.8 Å². The molecular weight excluding hydrogens is 204 g/mol. The minimum absolute atomic E-state index is 0.0706. The normalized spacial score (nSPS) is 10.9. The lowest BCUT2D eigenvalue weighted by atomic mass is 10.2. The van der Waals surface area contributed by atoms with E-state index in [1.54, 1.807) is 0 Å². The summed E-state index contributed by atoms with van der Waals surface area (Å²) in [6.07, 6.45) is 2.66. The van der Waals surface area contributed by atoms with Crippen molar-refractivity contribution < 1.29 is 18.3 Å². The van der Waals surface area contributed by atoms with E-state index in [4.69, 9.17) is 5.73 Å². The lowest BCUT2D eigenvalue weighted by Crippen LogP contribution is -2.05. The highest BCUT2D eigenvalue weighted by atomic mass is 19.3. The standard InChI is InChI=1S/C10H9F2NO2/c11-10(12)15-8-4-1-7(2-5-8)3-6-9(13)14/h1-6,10H,(H2,13,14)/b6-3-. The molecule has 0 unspecified atom stereocenters. The molecule has 0 aliphatic carbocycles. The molecule has 5 heteroatoms. The van der Waals surface area contributed by atoms with Crippen molar-refractivity contribution in [1.29, 1.82) is 0 Å². The van der Waals surface area contributed by atoms with Crippen molar-refractivity contribution in [2.45, 2.75) is 6.61 Å². The summed E-state index contributed by atoms with van der Waals surface area (Å²) in [5.41, 5.74) is 5.56. The van der Waals surface area contributed by atoms with Crippen LogP contribution in [0.4, 0.5) is 8.78 Å². The number of carbonyl (C=O) groups is 1. The maximum Gasteiger partial charge on any atom is 0.387 e. The van der Waals surface area contributed by atoms with Gasteiger partial charge in [0.2, 0.25) is 5.91 Å². The van der Waals surface area contributed by atoms with Crippen molar-refractivity contribution in [2.75, 3.05) is 0 Å². The summed E-state index contributed by atoms with van der Waals surface area (Å²) >= 11 is 0. The van der Waals surface area contributed by atoms with Crippen LogP contribution in [0.1, 0.15) is 5.56 Å². The SMILES string of the molecule is NC(=O)/C=C\c1ccc(OC(F)F)cc1. The van der Waals surface area contributed by atoms with E-state index in [9.17, 15) is 13.6 Å². The van der Waals surface area contributed by atoms with Crippen LogP contribution in [-0.4, -0.2) is 12.5 Å². The molecule has 0 aromatic heterocycles. The van der Waals surface area contributed by atoms with Crippen molar-refractivity contribution in [1.82, 2.24) is 0 Å². The van der Waals surface area contributed by atoms with Gasteiger partial charge in [-0.25, -0.2) is 0 Å². The smallest absolute Gasteiger partial charge is 0.387 e. The van der Waals surface area contributed by atoms with Crippen molar-refractivity contribution in [3.05, 3.63) is 35.9 Å². The molecule has 0 aliphatic heterocycles. The Morgan fingerprint density at radius 3 is 2.40 bits per heavy atom. The summed E-state index contributed by atoms with van der Waals surface area (Å²) in [4.78, 5) is 10.4. The second kappa shape index (κ2) is 5.09. The Balaban J connectivity index is 2.68. The minimum Gasteiger partial charge on any atom is -0.435 e. The van der Waals surface area contributed by atoms with Crippen LogP contribution in [0.5, 0.6) is 5.75 Å². The predicted molar refractivity (Wildman–Crippen MR) is 51.3 cm³/mol. The van der Waals surface area contributed by atoms with E-state index in [0.717, 1.165) is 0 Å². The number of alkyl halides is 2. The average Bonchev–Trinajstić information content (AvgIpc) is 2.16. The van der Waals surface area contributed by atoms with E-state index in [1.165, 1.54) is 36.4 Å². The maximum absolute atomic E-state index is 11.8. The third-order valence-corrected chi connectivity index (χ3v) is 1.55. The van der Waals surface area contributed by atoms with Crippen LogP contribution in [0.15, 0.2) is 30.3 Å². The number of hydrogen-bond donors (Lipinski definition) is 1. The van der Waals surface area contributed by atoms with Crippen molar-refractivity contribution in [2.24, 2.45) is 5.73 Å². The summed E-state index contributed by atoms with van der Waals surface area (Å²) in [6.45, 7) is -2.84. The molecule has 15 heavy (non-hydrogen) atoms. The van der Waals surface area contributed by atoms with Crippen LogP contribution in [0.25, 0.3) is 6.08 Å². The number of hydrogen-bond acceptors (Lipinski definition) is 2. The average molecular weight is 213 g/mol. The summed E-state index contributed by atoms with van der Waals surface area (Å²) < 4.78 is 27.7. The Kier molecular flexibility index (Phi) is 3.79. The summed E-state index contributed by atoms with van der Waals surface area (Å²) in [7, 11) is 0. The number of amides is 1. The van der Waals surface area contributed by atoms with E-state index in [0.29, 0.717) is 5.56 Å². The van der Waals surface area contributed by atoms with Crippen LogP contribution >= 0.6 is 0 Å². The van der Waals surface area contributed by atoms with Crippen LogP contribution in [0.3, 0.4) is 0 Å². The molecule has 0 saturated heterocycles. The predicted octanol–water partition coefficient (Wildman–Crippen LogP) is 1.79. The van der Waals surface area contributed by atoms with Gasteiger partial charge >= 0.3 is 6.61 Å². The first kappa shape index (κ1) is 11.2. The van der Waals surface area contributed by atoms with Gasteiger partial charge in [0.05, 0.1) is 0 Å². The topological polar surface area (TPSA) is 52.3 Å². The zero-order chi connectivity index (χ0) is 11.3. The summed E-state index contributed by atoms with van der Waals surface area (Å²) in [6, 6.07) is 5.84. The van der Waals surface area contributed by atoms with Crippen molar-refractivity contribution in [3.8, 4) is 5.75 Å². The second-order valence-electron chi connectivity index (χ2n) is 2.68. The number of ether oxygens (including phenoxy) is 1. The maximum atomic E-state index is 11.8. The molecule has 1 rings (SSSR count). The van der Waals surface area contributed by atoms with Gasteiger partial charge < -0.3 is 10.5 Å². The number of carbonyl (C=O) groups excluding carboxylic acids is 1. The molecule has 0 saturated carbocycles. The zero-order valence-corrected chi connectivity index (χ0v) is 7.69. The molecule has 0 atom stereocenters. The summed E-state index contributed by atoms with van der Waals surface area (Å²) in [5, 5.41) is 0. The molecule has 1 amide bonds. The Labute approximate surface area is 85.1 Å². The van der Waals surface area contributed by atoms with Gasteiger partial charge in [0.15, 0.2) is 0 Å². The lowest BCUT2D eigenvalue weighted by Gasteiger charge is -2.03. The molecule has 0 fully saturated rings. The van der Waals surface area contributed by atoms with E-state index in [-0.39, 0.29) is 5.75 Å². The number of rotatable bonds is 4. The van der Waals surface area contributed by atoms with Crippen LogP contribution in [0, 0.1) is 0 Å². The highest BCUT2D eigenvalue weighted by Crippen LogP contribution is 2.15. The zero-order valence-electron chi connectivity index (χ0n) is 7.69. The van der Waals surface area contributed by atoms with Crippen LogP contribution in [-0.2, 0) is 4.79 Å². The fraction of sp³-hybridized carbons (Fsp3) is 0.100. The first-order chi connectivity index (χ1) is 7.08. The van der Waals surface area contributed by atoms with Gasteiger partial charge in [-0.2, -0.15) is 8.78 Å². The third-order valence-electron chi connectivity index (χ3n) is 1.55. The molecule has 2 N–H and O–H groups in total. The molecule has 1 aromatic rings. The quantitative estimate of drug-likeness (QED) is 0.775. The molecule has 0 spiro atoms. The molecule has 1 aromatic carbocycles. The Hall–Kier alpha value is -1.91. The molecule has 0 heterocycles. The van der Waals surface area contributed by atoms with E-state index in [1.807, 2.05) is 0 Å². The first-order valence-electron chi connectivity index (χ1n) is 4.10. The number of nitrogens with two attached hydrogens (primary N) is 1. The first-order valence-corrected chi connectivity index (χ1v) is 4.10. The molecule has 0 bridgehead atoms. The molecule has 0 radical (unpaired) electrons. The molecule has 80 valence electrons. The van der Waals surface area contributed by atoms with Crippen molar-refractivity contribution >= 4 is 12.0 Å². The van der Waals surface area contributed by atoms with E-state index >= 15 is 0 Å². The van der Waals surface area contributed by atoms with Crippen LogP contribution in [0.2, 0.25) is 0 Å². The second-order valence-corrected chi connectivity index (χ2v) is 2.68. The van der Waals surface area contributed by atoms with Gasteiger partial charge in [0, 0.05) is 6.08 Å². The third kappa shape index (κ3) is 4.21. The molecular formula is C10H9F2NO2. The number of benzene rings is 1. The van der Waals surface area contributed by atoms with Crippen molar-refractivity contribution in [3.63, 3.8) is 0 Å². The largest absolute Gasteiger partial charge is 0.435 e. The monoisotopic (exact) mass is 213 g/mol. The number of primary amides is 1.